The number of aryl methyl sites for hydroxylation is 2. The number of rotatable bonds is 4. The molecule has 3 rings (SSSR count). The minimum absolute atomic E-state index is 0.592. The van der Waals surface area contributed by atoms with Gasteiger partial charge in [0.15, 0.2) is 0 Å². The first-order valence-electron chi connectivity index (χ1n) is 6.39. The predicted molar refractivity (Wildman–Crippen MR) is 75.8 cm³/mol. The van der Waals surface area contributed by atoms with Gasteiger partial charge < -0.3 is 10.3 Å². The van der Waals surface area contributed by atoms with Crippen LogP contribution in [0, 0.1) is 0 Å². The van der Waals surface area contributed by atoms with Crippen LogP contribution in [-0.4, -0.2) is 15.1 Å². The molecule has 100 valence electrons. The first-order valence-corrected chi connectivity index (χ1v) is 6.39. The maximum absolute atomic E-state index is 5.65. The van der Waals surface area contributed by atoms with Crippen molar-refractivity contribution in [2.24, 2.45) is 0 Å². The highest BCUT2D eigenvalue weighted by Crippen LogP contribution is 2.17. The molecule has 0 radical (unpaired) electrons. The Morgan fingerprint density at radius 3 is 2.45 bits per heavy atom. The van der Waals surface area contributed by atoms with Crippen molar-refractivity contribution in [3.05, 3.63) is 60.2 Å². The number of benzene rings is 1. The van der Waals surface area contributed by atoms with Gasteiger partial charge in [0.2, 0.25) is 11.7 Å². The molecule has 0 spiro atoms. The third-order valence-electron chi connectivity index (χ3n) is 3.01. The number of hydrogen-bond donors (Lipinski definition) is 1. The van der Waals surface area contributed by atoms with Crippen LogP contribution in [-0.2, 0) is 12.8 Å². The molecule has 1 aromatic carbocycles. The van der Waals surface area contributed by atoms with E-state index < -0.39 is 0 Å². The molecular weight excluding hydrogens is 252 g/mol. The number of anilines is 1. The third kappa shape index (κ3) is 2.83. The Morgan fingerprint density at radius 2 is 1.70 bits per heavy atom. The van der Waals surface area contributed by atoms with Crippen molar-refractivity contribution in [2.45, 2.75) is 12.8 Å². The summed E-state index contributed by atoms with van der Waals surface area (Å²) in [6.07, 6.45) is 5.13. The van der Waals surface area contributed by atoms with Crippen LogP contribution in [0.15, 0.2) is 53.3 Å². The van der Waals surface area contributed by atoms with E-state index >= 15 is 0 Å². The molecule has 0 saturated carbocycles. The van der Waals surface area contributed by atoms with E-state index in [0.717, 1.165) is 17.7 Å². The second-order valence-electron chi connectivity index (χ2n) is 4.49. The fourth-order valence-electron chi connectivity index (χ4n) is 1.91. The predicted octanol–water partition coefficient (Wildman–Crippen LogP) is 2.50. The average molecular weight is 266 g/mol. The lowest BCUT2D eigenvalue weighted by atomic mass is 10.1. The number of aromatic nitrogens is 3. The van der Waals surface area contributed by atoms with Crippen molar-refractivity contribution < 1.29 is 4.52 Å². The summed E-state index contributed by atoms with van der Waals surface area (Å²) in [7, 11) is 0. The molecule has 5 nitrogen and oxygen atoms in total. The summed E-state index contributed by atoms with van der Waals surface area (Å²) in [5.41, 5.74) is 8.47. The molecule has 2 heterocycles. The summed E-state index contributed by atoms with van der Waals surface area (Å²) in [5, 5.41) is 3.99. The van der Waals surface area contributed by atoms with Crippen LogP contribution in [0.3, 0.4) is 0 Å². The fourth-order valence-corrected chi connectivity index (χ4v) is 1.91. The van der Waals surface area contributed by atoms with Crippen molar-refractivity contribution in [1.82, 2.24) is 15.1 Å². The number of nitrogens with zero attached hydrogens (tertiary/aromatic N) is 3. The van der Waals surface area contributed by atoms with E-state index in [1.165, 1.54) is 5.56 Å². The molecule has 2 aromatic heterocycles. The zero-order chi connectivity index (χ0) is 13.8. The number of nitrogen functional groups attached to an aromatic ring is 1. The Balaban J connectivity index is 1.69. The van der Waals surface area contributed by atoms with Crippen LogP contribution < -0.4 is 5.73 Å². The van der Waals surface area contributed by atoms with Gasteiger partial charge in [-0.25, -0.2) is 0 Å². The topological polar surface area (TPSA) is 77.8 Å². The van der Waals surface area contributed by atoms with Crippen molar-refractivity contribution in [1.29, 1.82) is 0 Å². The van der Waals surface area contributed by atoms with Gasteiger partial charge in [-0.05, 0) is 48.4 Å². The molecule has 0 saturated heterocycles. The van der Waals surface area contributed by atoms with Crippen LogP contribution in [0.4, 0.5) is 5.69 Å². The second kappa shape index (κ2) is 5.52. The van der Waals surface area contributed by atoms with Crippen LogP contribution in [0.1, 0.15) is 11.5 Å². The highest BCUT2D eigenvalue weighted by Gasteiger charge is 2.08. The lowest BCUT2D eigenvalue weighted by molar-refractivity contribution is 0.379. The van der Waals surface area contributed by atoms with Crippen molar-refractivity contribution in [3.63, 3.8) is 0 Å². The summed E-state index contributed by atoms with van der Waals surface area (Å²) >= 11 is 0. The SMILES string of the molecule is Nc1ccc(-c2noc(CCc3ccncc3)n2)cc1. The van der Waals surface area contributed by atoms with Crippen molar-refractivity contribution in [3.8, 4) is 11.4 Å². The summed E-state index contributed by atoms with van der Waals surface area (Å²) in [6.45, 7) is 0. The van der Waals surface area contributed by atoms with Gasteiger partial charge in [-0.3, -0.25) is 4.98 Å². The second-order valence-corrected chi connectivity index (χ2v) is 4.49. The molecule has 0 atom stereocenters. The molecule has 0 bridgehead atoms. The minimum atomic E-state index is 0.592. The maximum atomic E-state index is 5.65. The van der Waals surface area contributed by atoms with E-state index in [9.17, 15) is 0 Å². The first kappa shape index (κ1) is 12.3. The van der Waals surface area contributed by atoms with Gasteiger partial charge in [-0.2, -0.15) is 4.98 Å². The molecule has 3 aromatic rings. The van der Waals surface area contributed by atoms with Crippen LogP contribution >= 0.6 is 0 Å². The molecule has 0 aliphatic heterocycles. The zero-order valence-corrected chi connectivity index (χ0v) is 10.9. The van der Waals surface area contributed by atoms with E-state index in [4.69, 9.17) is 10.3 Å². The first-order chi connectivity index (χ1) is 9.81. The van der Waals surface area contributed by atoms with E-state index in [2.05, 4.69) is 15.1 Å². The van der Waals surface area contributed by atoms with Crippen LogP contribution in [0.25, 0.3) is 11.4 Å². The van der Waals surface area contributed by atoms with Gasteiger partial charge in [0.1, 0.15) is 0 Å². The van der Waals surface area contributed by atoms with Crippen molar-refractivity contribution in [2.75, 3.05) is 5.73 Å². The van der Waals surface area contributed by atoms with Gasteiger partial charge in [0, 0.05) is 30.1 Å². The van der Waals surface area contributed by atoms with Gasteiger partial charge in [-0.15, -0.1) is 0 Å². The Hall–Kier alpha value is -2.69. The average Bonchev–Trinajstić information content (AvgIpc) is 2.96. The molecule has 0 fully saturated rings. The smallest absolute Gasteiger partial charge is 0.227 e. The van der Waals surface area contributed by atoms with Gasteiger partial charge in [0.25, 0.3) is 0 Å². The molecule has 20 heavy (non-hydrogen) atoms. The molecule has 0 amide bonds. The van der Waals surface area contributed by atoms with Gasteiger partial charge in [-0.1, -0.05) is 5.16 Å². The normalized spacial score (nSPS) is 10.6. The number of pyridine rings is 1. The highest BCUT2D eigenvalue weighted by molar-refractivity contribution is 5.57. The monoisotopic (exact) mass is 266 g/mol. The Kier molecular flexibility index (Phi) is 3.41. The molecule has 0 unspecified atom stereocenters. The molecule has 0 aliphatic carbocycles. The van der Waals surface area contributed by atoms with E-state index in [0.29, 0.717) is 18.1 Å². The third-order valence-corrected chi connectivity index (χ3v) is 3.01. The Morgan fingerprint density at radius 1 is 0.950 bits per heavy atom. The quantitative estimate of drug-likeness (QED) is 0.734. The van der Waals surface area contributed by atoms with E-state index in [1.807, 2.05) is 36.4 Å². The van der Waals surface area contributed by atoms with Gasteiger partial charge in [0.05, 0.1) is 0 Å². The Labute approximate surface area is 116 Å². The summed E-state index contributed by atoms with van der Waals surface area (Å²) < 4.78 is 5.26. The maximum Gasteiger partial charge on any atom is 0.227 e. The summed E-state index contributed by atoms with van der Waals surface area (Å²) in [4.78, 5) is 8.38. The van der Waals surface area contributed by atoms with Crippen LogP contribution in [0.2, 0.25) is 0 Å². The molecule has 5 heteroatoms. The van der Waals surface area contributed by atoms with Crippen LogP contribution in [0.5, 0.6) is 0 Å². The van der Waals surface area contributed by atoms with E-state index in [1.54, 1.807) is 12.4 Å². The highest BCUT2D eigenvalue weighted by atomic mass is 16.5. The standard InChI is InChI=1S/C15H14N4O/c16-13-4-2-12(3-5-13)15-18-14(20-19-15)6-1-11-7-9-17-10-8-11/h2-5,7-10H,1,6,16H2. The van der Waals surface area contributed by atoms with E-state index in [-0.39, 0.29) is 0 Å². The number of hydrogen-bond acceptors (Lipinski definition) is 5. The van der Waals surface area contributed by atoms with Gasteiger partial charge >= 0.3 is 0 Å². The lowest BCUT2D eigenvalue weighted by Gasteiger charge is -1.96. The molecule has 2 N–H and O–H groups in total. The summed E-state index contributed by atoms with van der Waals surface area (Å²) in [6, 6.07) is 11.4. The number of nitrogens with two attached hydrogens (primary N) is 1. The minimum Gasteiger partial charge on any atom is -0.399 e. The summed E-state index contributed by atoms with van der Waals surface area (Å²) in [5.74, 6) is 1.23. The zero-order valence-electron chi connectivity index (χ0n) is 10.9. The fraction of sp³-hybridized carbons (Fsp3) is 0.133. The Bertz CT molecular complexity index is 677. The molecular formula is C15H14N4O. The van der Waals surface area contributed by atoms with Crippen molar-refractivity contribution >= 4 is 5.69 Å². The molecule has 0 aliphatic rings. The lowest BCUT2D eigenvalue weighted by Crippen LogP contribution is -1.92. The largest absolute Gasteiger partial charge is 0.399 e.